The summed E-state index contributed by atoms with van der Waals surface area (Å²) in [6.07, 6.45) is 4.40. The fourth-order valence-electron chi connectivity index (χ4n) is 2.93. The van der Waals surface area contributed by atoms with E-state index in [0.29, 0.717) is 19.8 Å². The average Bonchev–Trinajstić information content (AvgIpc) is 3.47. The number of epoxide rings is 1. The van der Waals surface area contributed by atoms with Crippen LogP contribution in [0, 0.1) is 0 Å². The summed E-state index contributed by atoms with van der Waals surface area (Å²) >= 11 is 0. The predicted molar refractivity (Wildman–Crippen MR) is 107 cm³/mol. The number of hydrogen-bond acceptors (Lipinski definition) is 5. The Kier molecular flexibility index (Phi) is 5.67. The van der Waals surface area contributed by atoms with Gasteiger partial charge in [0.1, 0.15) is 36.9 Å². The Labute approximate surface area is 165 Å². The zero-order valence-electron chi connectivity index (χ0n) is 16.3. The molecule has 28 heavy (non-hydrogen) atoms. The normalized spacial score (nSPS) is 23.1. The SMILES string of the molecule is CC1(C)OC[C@H](COc2ccc(/C=C\c3ccc(OC[C@H]4CO4)cc3)cc2)O1. The maximum absolute atomic E-state index is 5.81. The van der Waals surface area contributed by atoms with Crippen LogP contribution in [0.3, 0.4) is 0 Å². The molecule has 2 aromatic rings. The van der Waals surface area contributed by atoms with Crippen LogP contribution >= 0.6 is 0 Å². The lowest BCUT2D eigenvalue weighted by Crippen LogP contribution is -2.25. The Morgan fingerprint density at radius 1 is 0.821 bits per heavy atom. The van der Waals surface area contributed by atoms with Gasteiger partial charge in [0.15, 0.2) is 5.79 Å². The monoisotopic (exact) mass is 382 g/mol. The predicted octanol–water partition coefficient (Wildman–Crippen LogP) is 4.16. The molecular weight excluding hydrogens is 356 g/mol. The number of hydrogen-bond donors (Lipinski definition) is 0. The van der Waals surface area contributed by atoms with E-state index < -0.39 is 5.79 Å². The molecule has 2 fully saturated rings. The van der Waals surface area contributed by atoms with Crippen molar-refractivity contribution in [2.45, 2.75) is 31.8 Å². The summed E-state index contributed by atoms with van der Waals surface area (Å²) in [6, 6.07) is 16.1. The molecule has 0 aliphatic carbocycles. The third-order valence-corrected chi connectivity index (χ3v) is 4.57. The molecule has 5 nitrogen and oxygen atoms in total. The van der Waals surface area contributed by atoms with Crippen LogP contribution in [0.5, 0.6) is 11.5 Å². The smallest absolute Gasteiger partial charge is 0.163 e. The molecule has 0 amide bonds. The van der Waals surface area contributed by atoms with Gasteiger partial charge in [-0.3, -0.25) is 0 Å². The lowest BCUT2D eigenvalue weighted by atomic mass is 10.1. The second-order valence-electron chi connectivity index (χ2n) is 7.50. The highest BCUT2D eigenvalue weighted by molar-refractivity contribution is 5.70. The van der Waals surface area contributed by atoms with E-state index in [1.807, 2.05) is 62.4 Å². The highest BCUT2D eigenvalue weighted by atomic mass is 16.7. The molecule has 4 rings (SSSR count). The summed E-state index contributed by atoms with van der Waals surface area (Å²) in [6.45, 7) is 6.31. The first-order valence-electron chi connectivity index (χ1n) is 9.63. The van der Waals surface area contributed by atoms with E-state index in [9.17, 15) is 0 Å². The van der Waals surface area contributed by atoms with Crippen LogP contribution < -0.4 is 9.47 Å². The van der Waals surface area contributed by atoms with Gasteiger partial charge in [0.25, 0.3) is 0 Å². The quantitative estimate of drug-likeness (QED) is 0.507. The first-order valence-corrected chi connectivity index (χ1v) is 9.63. The minimum atomic E-state index is -0.515. The molecule has 2 atom stereocenters. The van der Waals surface area contributed by atoms with Crippen LogP contribution in [0.1, 0.15) is 25.0 Å². The summed E-state index contributed by atoms with van der Waals surface area (Å²) in [4.78, 5) is 0. The molecule has 0 bridgehead atoms. The molecule has 5 heteroatoms. The number of rotatable bonds is 8. The Morgan fingerprint density at radius 3 is 1.75 bits per heavy atom. The van der Waals surface area contributed by atoms with Gasteiger partial charge in [-0.15, -0.1) is 0 Å². The third kappa shape index (κ3) is 5.58. The fourth-order valence-corrected chi connectivity index (χ4v) is 2.93. The first-order chi connectivity index (χ1) is 13.6. The number of ether oxygens (including phenoxy) is 5. The first kappa shape index (κ1) is 19.0. The molecule has 0 unspecified atom stereocenters. The molecule has 2 saturated heterocycles. The van der Waals surface area contributed by atoms with E-state index in [-0.39, 0.29) is 12.2 Å². The molecule has 0 N–H and O–H groups in total. The van der Waals surface area contributed by atoms with Crippen molar-refractivity contribution in [1.82, 2.24) is 0 Å². The molecule has 2 aromatic carbocycles. The zero-order valence-corrected chi connectivity index (χ0v) is 16.3. The standard InChI is InChI=1S/C23H26O5/c1-23(2)27-16-22(28-23)15-25-20-11-7-18(8-12-20)4-3-17-5-9-19(10-6-17)24-13-21-14-26-21/h3-12,21-22H,13-16H2,1-2H3/b4-3-/t21-,22-/m0/s1. The second-order valence-corrected chi connectivity index (χ2v) is 7.50. The van der Waals surface area contributed by atoms with Gasteiger partial charge in [-0.1, -0.05) is 36.4 Å². The Morgan fingerprint density at radius 2 is 1.32 bits per heavy atom. The molecule has 0 saturated carbocycles. The fraction of sp³-hybridized carbons (Fsp3) is 0.391. The Bertz CT molecular complexity index is 791. The summed E-state index contributed by atoms with van der Waals surface area (Å²) in [7, 11) is 0. The zero-order chi connectivity index (χ0) is 19.4. The topological polar surface area (TPSA) is 49.5 Å². The summed E-state index contributed by atoms with van der Waals surface area (Å²) in [5.41, 5.74) is 2.23. The van der Waals surface area contributed by atoms with Gasteiger partial charge in [0.2, 0.25) is 0 Å². The van der Waals surface area contributed by atoms with Crippen molar-refractivity contribution < 1.29 is 23.7 Å². The van der Waals surface area contributed by atoms with E-state index in [1.54, 1.807) is 0 Å². The van der Waals surface area contributed by atoms with Crippen LogP contribution in [0.15, 0.2) is 48.5 Å². The van der Waals surface area contributed by atoms with E-state index in [4.69, 9.17) is 23.7 Å². The Hall–Kier alpha value is -2.34. The third-order valence-electron chi connectivity index (χ3n) is 4.57. The molecular formula is C23H26O5. The van der Waals surface area contributed by atoms with Gasteiger partial charge in [-0.25, -0.2) is 0 Å². The summed E-state index contributed by atoms with van der Waals surface area (Å²) in [5.74, 6) is 1.18. The van der Waals surface area contributed by atoms with Gasteiger partial charge < -0.3 is 23.7 Å². The van der Waals surface area contributed by atoms with Crippen molar-refractivity contribution in [3.63, 3.8) is 0 Å². The maximum atomic E-state index is 5.81. The van der Waals surface area contributed by atoms with Crippen LogP contribution in [0.2, 0.25) is 0 Å². The van der Waals surface area contributed by atoms with Gasteiger partial charge in [0, 0.05) is 0 Å². The van der Waals surface area contributed by atoms with Crippen molar-refractivity contribution >= 4 is 12.2 Å². The van der Waals surface area contributed by atoms with Crippen LogP contribution in [0.4, 0.5) is 0 Å². The van der Waals surface area contributed by atoms with E-state index in [0.717, 1.165) is 29.2 Å². The largest absolute Gasteiger partial charge is 0.491 e. The van der Waals surface area contributed by atoms with Crippen molar-refractivity contribution in [2.75, 3.05) is 26.4 Å². The molecule has 148 valence electrons. The van der Waals surface area contributed by atoms with Gasteiger partial charge in [-0.05, 0) is 49.2 Å². The van der Waals surface area contributed by atoms with Crippen molar-refractivity contribution in [3.05, 3.63) is 59.7 Å². The maximum Gasteiger partial charge on any atom is 0.163 e. The summed E-state index contributed by atoms with van der Waals surface area (Å²) < 4.78 is 27.9. The average molecular weight is 382 g/mol. The van der Waals surface area contributed by atoms with Gasteiger partial charge in [-0.2, -0.15) is 0 Å². The number of benzene rings is 2. The van der Waals surface area contributed by atoms with E-state index in [1.165, 1.54) is 0 Å². The Balaban J connectivity index is 1.25. The molecule has 0 spiro atoms. The lowest BCUT2D eigenvalue weighted by molar-refractivity contribution is -0.141. The van der Waals surface area contributed by atoms with Crippen LogP contribution in [0.25, 0.3) is 12.2 Å². The minimum Gasteiger partial charge on any atom is -0.491 e. The molecule has 0 radical (unpaired) electrons. The molecule has 2 aliphatic rings. The van der Waals surface area contributed by atoms with Gasteiger partial charge >= 0.3 is 0 Å². The van der Waals surface area contributed by atoms with Crippen LogP contribution in [-0.4, -0.2) is 44.4 Å². The van der Waals surface area contributed by atoms with Crippen molar-refractivity contribution in [3.8, 4) is 11.5 Å². The highest BCUT2D eigenvalue weighted by Crippen LogP contribution is 2.23. The van der Waals surface area contributed by atoms with Gasteiger partial charge in [0.05, 0.1) is 13.2 Å². The molecule has 2 aliphatic heterocycles. The van der Waals surface area contributed by atoms with Crippen molar-refractivity contribution in [2.24, 2.45) is 0 Å². The van der Waals surface area contributed by atoms with Crippen LogP contribution in [-0.2, 0) is 14.2 Å². The van der Waals surface area contributed by atoms with E-state index >= 15 is 0 Å². The lowest BCUT2D eigenvalue weighted by Gasteiger charge is -2.17. The highest BCUT2D eigenvalue weighted by Gasteiger charge is 2.32. The molecule has 0 aromatic heterocycles. The van der Waals surface area contributed by atoms with E-state index in [2.05, 4.69) is 12.2 Å². The summed E-state index contributed by atoms with van der Waals surface area (Å²) in [5, 5.41) is 0. The van der Waals surface area contributed by atoms with Crippen molar-refractivity contribution in [1.29, 1.82) is 0 Å². The minimum absolute atomic E-state index is 0.0293. The molecule has 2 heterocycles. The second kappa shape index (κ2) is 8.35.